The molecule has 2 rings (SSSR count). The first-order chi connectivity index (χ1) is 11.3. The van der Waals surface area contributed by atoms with Crippen LogP contribution in [0.4, 0.5) is 5.69 Å². The second kappa shape index (κ2) is 7.49. The van der Waals surface area contributed by atoms with Crippen LogP contribution in [0.5, 0.6) is 5.75 Å². The standard InChI is InChI=1S/C18H21NO4S/c1-13-4-7-15(8-5-13)24(21,22)11-10-18(20)19-16-12-14(2)6-9-17(16)23-3/h4-9,12H,10-11H2,1-3H3,(H,19,20). The number of amides is 1. The predicted molar refractivity (Wildman–Crippen MR) is 94.2 cm³/mol. The lowest BCUT2D eigenvalue weighted by Crippen LogP contribution is -2.18. The van der Waals surface area contributed by atoms with Crippen LogP contribution < -0.4 is 10.1 Å². The smallest absolute Gasteiger partial charge is 0.225 e. The van der Waals surface area contributed by atoms with Gasteiger partial charge in [0.2, 0.25) is 5.91 Å². The van der Waals surface area contributed by atoms with Crippen LogP contribution >= 0.6 is 0 Å². The SMILES string of the molecule is COc1ccc(C)cc1NC(=O)CCS(=O)(=O)c1ccc(C)cc1. The lowest BCUT2D eigenvalue weighted by Gasteiger charge is -2.11. The second-order valence-electron chi connectivity index (χ2n) is 5.63. The molecule has 0 atom stereocenters. The fourth-order valence-electron chi connectivity index (χ4n) is 2.22. The van der Waals surface area contributed by atoms with Gasteiger partial charge < -0.3 is 10.1 Å². The molecule has 5 nitrogen and oxygen atoms in total. The fourth-order valence-corrected chi connectivity index (χ4v) is 3.46. The monoisotopic (exact) mass is 347 g/mol. The van der Waals surface area contributed by atoms with Crippen molar-refractivity contribution in [2.75, 3.05) is 18.2 Å². The number of methoxy groups -OCH3 is 1. The third kappa shape index (κ3) is 4.58. The van der Waals surface area contributed by atoms with Crippen LogP contribution in [0.25, 0.3) is 0 Å². The number of rotatable bonds is 6. The normalized spacial score (nSPS) is 11.1. The molecule has 0 spiro atoms. The number of benzene rings is 2. The lowest BCUT2D eigenvalue weighted by molar-refractivity contribution is -0.115. The van der Waals surface area contributed by atoms with E-state index in [1.807, 2.05) is 19.9 Å². The molecule has 0 saturated heterocycles. The first kappa shape index (κ1) is 18.0. The largest absolute Gasteiger partial charge is 0.495 e. The van der Waals surface area contributed by atoms with Gasteiger partial charge in [-0.1, -0.05) is 23.8 Å². The molecule has 0 radical (unpaired) electrons. The molecule has 0 aliphatic heterocycles. The molecule has 1 N–H and O–H groups in total. The minimum Gasteiger partial charge on any atom is -0.495 e. The molecule has 0 aromatic heterocycles. The van der Waals surface area contributed by atoms with Gasteiger partial charge in [-0.05, 0) is 43.7 Å². The van der Waals surface area contributed by atoms with Crippen molar-refractivity contribution in [1.82, 2.24) is 0 Å². The first-order valence-electron chi connectivity index (χ1n) is 7.56. The van der Waals surface area contributed by atoms with Crippen LogP contribution in [-0.2, 0) is 14.6 Å². The van der Waals surface area contributed by atoms with E-state index < -0.39 is 9.84 Å². The maximum Gasteiger partial charge on any atom is 0.225 e. The van der Waals surface area contributed by atoms with Gasteiger partial charge in [0, 0.05) is 6.42 Å². The molecule has 24 heavy (non-hydrogen) atoms. The number of hydrogen-bond donors (Lipinski definition) is 1. The Hall–Kier alpha value is -2.34. The van der Waals surface area contributed by atoms with E-state index >= 15 is 0 Å². The average molecular weight is 347 g/mol. The highest BCUT2D eigenvalue weighted by Crippen LogP contribution is 2.25. The molecule has 6 heteroatoms. The van der Waals surface area contributed by atoms with Gasteiger partial charge in [-0.15, -0.1) is 0 Å². The maximum absolute atomic E-state index is 12.3. The molecule has 0 saturated carbocycles. The zero-order valence-corrected chi connectivity index (χ0v) is 14.8. The quantitative estimate of drug-likeness (QED) is 0.871. The number of ether oxygens (including phenoxy) is 1. The van der Waals surface area contributed by atoms with Crippen molar-refractivity contribution in [3.05, 3.63) is 53.6 Å². The Bertz CT molecular complexity index is 827. The molecule has 0 heterocycles. The second-order valence-corrected chi connectivity index (χ2v) is 7.74. The third-order valence-corrected chi connectivity index (χ3v) is 5.34. The highest BCUT2D eigenvalue weighted by atomic mass is 32.2. The van der Waals surface area contributed by atoms with Gasteiger partial charge in [0.05, 0.1) is 23.4 Å². The van der Waals surface area contributed by atoms with Gasteiger partial charge in [-0.2, -0.15) is 0 Å². The van der Waals surface area contributed by atoms with Gasteiger partial charge in [0.15, 0.2) is 9.84 Å². The summed E-state index contributed by atoms with van der Waals surface area (Å²) in [5, 5.41) is 2.71. The third-order valence-electron chi connectivity index (χ3n) is 3.61. The molecule has 0 aliphatic carbocycles. The Labute approximate surface area is 142 Å². The van der Waals surface area contributed by atoms with E-state index in [4.69, 9.17) is 4.74 Å². The Balaban J connectivity index is 2.03. The van der Waals surface area contributed by atoms with E-state index in [1.165, 1.54) is 7.11 Å². The summed E-state index contributed by atoms with van der Waals surface area (Å²) in [6.45, 7) is 3.79. The van der Waals surface area contributed by atoms with Crippen molar-refractivity contribution in [2.24, 2.45) is 0 Å². The minimum absolute atomic E-state index is 0.118. The zero-order chi connectivity index (χ0) is 17.7. The summed E-state index contributed by atoms with van der Waals surface area (Å²) < 4.78 is 29.7. The first-order valence-corrected chi connectivity index (χ1v) is 9.21. The Morgan fingerprint density at radius 3 is 2.29 bits per heavy atom. The van der Waals surface area contributed by atoms with E-state index in [1.54, 1.807) is 36.4 Å². The van der Waals surface area contributed by atoms with Crippen LogP contribution in [0.15, 0.2) is 47.4 Å². The van der Waals surface area contributed by atoms with E-state index in [0.29, 0.717) is 11.4 Å². The summed E-state index contributed by atoms with van der Waals surface area (Å²) in [6.07, 6.45) is -0.118. The molecular formula is C18H21NO4S. The molecular weight excluding hydrogens is 326 g/mol. The molecule has 1 amide bonds. The van der Waals surface area contributed by atoms with E-state index in [0.717, 1.165) is 11.1 Å². The van der Waals surface area contributed by atoms with Crippen LogP contribution in [-0.4, -0.2) is 27.2 Å². The van der Waals surface area contributed by atoms with Gasteiger partial charge >= 0.3 is 0 Å². The van der Waals surface area contributed by atoms with E-state index in [9.17, 15) is 13.2 Å². The number of anilines is 1. The fraction of sp³-hybridized carbons (Fsp3) is 0.278. The molecule has 0 bridgehead atoms. The predicted octanol–water partition coefficient (Wildman–Crippen LogP) is 3.11. The average Bonchev–Trinajstić information content (AvgIpc) is 2.54. The highest BCUT2D eigenvalue weighted by Gasteiger charge is 2.17. The summed E-state index contributed by atoms with van der Waals surface area (Å²) in [5.74, 6) is -0.0688. The number of nitrogens with one attached hydrogen (secondary N) is 1. The number of carbonyl (C=O) groups is 1. The molecule has 2 aromatic rings. The van der Waals surface area contributed by atoms with Crippen LogP contribution in [0.1, 0.15) is 17.5 Å². The highest BCUT2D eigenvalue weighted by molar-refractivity contribution is 7.91. The topological polar surface area (TPSA) is 72.5 Å². The van der Waals surface area contributed by atoms with Crippen LogP contribution in [0.2, 0.25) is 0 Å². The van der Waals surface area contributed by atoms with Crippen LogP contribution in [0, 0.1) is 13.8 Å². The minimum atomic E-state index is -3.48. The van der Waals surface area contributed by atoms with Crippen LogP contribution in [0.3, 0.4) is 0 Å². The van der Waals surface area contributed by atoms with E-state index in [2.05, 4.69) is 5.32 Å². The van der Waals surface area contributed by atoms with Gasteiger partial charge in [0.25, 0.3) is 0 Å². The summed E-state index contributed by atoms with van der Waals surface area (Å²) in [6, 6.07) is 12.0. The Morgan fingerprint density at radius 1 is 1.04 bits per heavy atom. The summed E-state index contributed by atoms with van der Waals surface area (Å²) in [7, 11) is -1.96. The maximum atomic E-state index is 12.3. The summed E-state index contributed by atoms with van der Waals surface area (Å²) in [5.41, 5.74) is 2.49. The number of sulfone groups is 1. The molecule has 0 unspecified atom stereocenters. The van der Waals surface area contributed by atoms with E-state index in [-0.39, 0.29) is 23.0 Å². The van der Waals surface area contributed by atoms with Gasteiger partial charge in [-0.3, -0.25) is 4.79 Å². The molecule has 0 fully saturated rings. The lowest BCUT2D eigenvalue weighted by atomic mass is 10.2. The molecule has 0 aliphatic rings. The molecule has 128 valence electrons. The summed E-state index contributed by atoms with van der Waals surface area (Å²) >= 11 is 0. The zero-order valence-electron chi connectivity index (χ0n) is 14.0. The summed E-state index contributed by atoms with van der Waals surface area (Å²) in [4.78, 5) is 12.3. The number of carbonyl (C=O) groups excluding carboxylic acids is 1. The van der Waals surface area contributed by atoms with Gasteiger partial charge in [0.1, 0.15) is 5.75 Å². The van der Waals surface area contributed by atoms with Gasteiger partial charge in [-0.25, -0.2) is 8.42 Å². The molecule has 2 aromatic carbocycles. The van der Waals surface area contributed by atoms with Crippen molar-refractivity contribution in [3.8, 4) is 5.75 Å². The van der Waals surface area contributed by atoms with Crippen molar-refractivity contribution in [3.63, 3.8) is 0 Å². The van der Waals surface area contributed by atoms with Crippen molar-refractivity contribution >= 4 is 21.4 Å². The van der Waals surface area contributed by atoms with Crippen molar-refractivity contribution in [2.45, 2.75) is 25.2 Å². The van der Waals surface area contributed by atoms with Crippen molar-refractivity contribution < 1.29 is 17.9 Å². The number of hydrogen-bond acceptors (Lipinski definition) is 4. The number of aryl methyl sites for hydroxylation is 2. The van der Waals surface area contributed by atoms with Crippen molar-refractivity contribution in [1.29, 1.82) is 0 Å². The Morgan fingerprint density at radius 2 is 1.67 bits per heavy atom. The Kier molecular flexibility index (Phi) is 5.62.